The molecule has 1 amide bonds. The van der Waals surface area contributed by atoms with Crippen molar-refractivity contribution >= 4 is 17.4 Å². The van der Waals surface area contributed by atoms with E-state index in [0.717, 1.165) is 24.2 Å². The van der Waals surface area contributed by atoms with Crippen molar-refractivity contribution < 1.29 is 9.18 Å². The number of likely N-dealkylation sites (tertiary alicyclic amines) is 2. The number of benzene rings is 1. The molecule has 1 aromatic heterocycles. The number of nitrogens with zero attached hydrogens (tertiary/aromatic N) is 4. The molecule has 3 heterocycles. The van der Waals surface area contributed by atoms with Crippen LogP contribution in [0.5, 0.6) is 0 Å². The summed E-state index contributed by atoms with van der Waals surface area (Å²) >= 11 is 1.33. The molecule has 0 unspecified atom stereocenters. The van der Waals surface area contributed by atoms with Crippen LogP contribution in [0.2, 0.25) is 0 Å². The van der Waals surface area contributed by atoms with E-state index in [1.165, 1.54) is 42.9 Å². The first-order valence-corrected chi connectivity index (χ1v) is 11.0. The number of aromatic nitrogens is 2. The van der Waals surface area contributed by atoms with Crippen molar-refractivity contribution in [2.75, 3.05) is 26.2 Å². The van der Waals surface area contributed by atoms with Crippen molar-refractivity contribution in [3.63, 3.8) is 0 Å². The standard InChI is InChI=1S/C21H27FN4OS/c1-2-17-5-3-4-10-25(17)13-21(27)26-11-18(15-6-8-16(22)9-7-15)19(12-26)20-14-28-24-23-20/h6-9,14,17-19H,2-5,10-13H2,1H3/t17-,18-,19+/m0/s1. The van der Waals surface area contributed by atoms with Crippen molar-refractivity contribution in [2.45, 2.75) is 50.5 Å². The quantitative estimate of drug-likeness (QED) is 0.766. The number of hydrogen-bond donors (Lipinski definition) is 0. The maximum Gasteiger partial charge on any atom is 0.236 e. The van der Waals surface area contributed by atoms with Crippen LogP contribution < -0.4 is 0 Å². The van der Waals surface area contributed by atoms with Crippen molar-refractivity contribution in [1.29, 1.82) is 0 Å². The van der Waals surface area contributed by atoms with E-state index in [1.807, 2.05) is 22.4 Å². The summed E-state index contributed by atoms with van der Waals surface area (Å²) in [4.78, 5) is 17.4. The van der Waals surface area contributed by atoms with E-state index in [9.17, 15) is 9.18 Å². The Morgan fingerprint density at radius 1 is 1.21 bits per heavy atom. The van der Waals surface area contributed by atoms with Crippen LogP contribution in [0.25, 0.3) is 0 Å². The van der Waals surface area contributed by atoms with Crippen LogP contribution >= 0.6 is 11.5 Å². The second kappa shape index (κ2) is 8.66. The highest BCUT2D eigenvalue weighted by atomic mass is 32.1. The number of piperidine rings is 1. The highest BCUT2D eigenvalue weighted by Crippen LogP contribution is 2.39. The summed E-state index contributed by atoms with van der Waals surface area (Å²) in [6.07, 6.45) is 4.72. The summed E-state index contributed by atoms with van der Waals surface area (Å²) in [5.74, 6) is 0.184. The molecule has 0 radical (unpaired) electrons. The maximum absolute atomic E-state index is 13.4. The van der Waals surface area contributed by atoms with Gasteiger partial charge in [-0.15, -0.1) is 5.10 Å². The second-order valence-corrected chi connectivity index (χ2v) is 8.53. The number of rotatable bonds is 5. The molecule has 4 rings (SSSR count). The van der Waals surface area contributed by atoms with Gasteiger partial charge < -0.3 is 4.90 Å². The highest BCUT2D eigenvalue weighted by molar-refractivity contribution is 7.03. The van der Waals surface area contributed by atoms with E-state index in [1.54, 1.807) is 0 Å². The zero-order chi connectivity index (χ0) is 19.5. The first kappa shape index (κ1) is 19.5. The lowest BCUT2D eigenvalue weighted by atomic mass is 9.87. The minimum Gasteiger partial charge on any atom is -0.340 e. The molecule has 0 saturated carbocycles. The van der Waals surface area contributed by atoms with Gasteiger partial charge in [0.05, 0.1) is 12.2 Å². The number of hydrogen-bond acceptors (Lipinski definition) is 5. The minimum absolute atomic E-state index is 0.108. The third-order valence-electron chi connectivity index (χ3n) is 6.29. The monoisotopic (exact) mass is 402 g/mol. The van der Waals surface area contributed by atoms with Gasteiger partial charge in [0.25, 0.3) is 0 Å². The zero-order valence-corrected chi connectivity index (χ0v) is 17.1. The third-order valence-corrected chi connectivity index (χ3v) is 6.81. The van der Waals surface area contributed by atoms with E-state index in [0.29, 0.717) is 25.7 Å². The van der Waals surface area contributed by atoms with Gasteiger partial charge in [-0.05, 0) is 55.0 Å². The number of amides is 1. The Hall–Kier alpha value is -1.86. The predicted molar refractivity (Wildman–Crippen MR) is 108 cm³/mol. The van der Waals surface area contributed by atoms with E-state index >= 15 is 0 Å². The largest absolute Gasteiger partial charge is 0.340 e. The number of carbonyl (C=O) groups is 1. The van der Waals surface area contributed by atoms with Gasteiger partial charge in [-0.25, -0.2) is 4.39 Å². The molecule has 0 spiro atoms. The summed E-state index contributed by atoms with van der Waals surface area (Å²) in [6.45, 7) is 5.02. The summed E-state index contributed by atoms with van der Waals surface area (Å²) in [5.41, 5.74) is 1.98. The summed E-state index contributed by atoms with van der Waals surface area (Å²) in [6, 6.07) is 7.18. The van der Waals surface area contributed by atoms with Gasteiger partial charge in [0.2, 0.25) is 5.91 Å². The average molecular weight is 403 g/mol. The molecule has 2 saturated heterocycles. The fraction of sp³-hybridized carbons (Fsp3) is 0.571. The van der Waals surface area contributed by atoms with Crippen molar-refractivity contribution in [3.8, 4) is 0 Å². The molecular formula is C21H27FN4OS. The molecule has 1 aromatic carbocycles. The van der Waals surface area contributed by atoms with E-state index in [2.05, 4.69) is 21.4 Å². The van der Waals surface area contributed by atoms with Crippen LogP contribution in [0.3, 0.4) is 0 Å². The number of halogens is 1. The Balaban J connectivity index is 1.50. The molecule has 2 fully saturated rings. The molecule has 0 N–H and O–H groups in total. The second-order valence-electron chi connectivity index (χ2n) is 7.92. The van der Waals surface area contributed by atoms with Crippen LogP contribution in [0.4, 0.5) is 4.39 Å². The van der Waals surface area contributed by atoms with Crippen LogP contribution in [-0.2, 0) is 4.79 Å². The summed E-state index contributed by atoms with van der Waals surface area (Å²) < 4.78 is 17.4. The van der Waals surface area contributed by atoms with E-state index in [4.69, 9.17) is 0 Å². The van der Waals surface area contributed by atoms with Gasteiger partial charge in [0.15, 0.2) is 0 Å². The Labute approximate surface area is 169 Å². The topological polar surface area (TPSA) is 49.3 Å². The van der Waals surface area contributed by atoms with Crippen LogP contribution in [0.15, 0.2) is 29.6 Å². The molecule has 3 atom stereocenters. The molecule has 2 aromatic rings. The van der Waals surface area contributed by atoms with Crippen molar-refractivity contribution in [2.24, 2.45) is 0 Å². The fourth-order valence-corrected chi connectivity index (χ4v) is 5.21. The normalized spacial score (nSPS) is 25.9. The fourth-order valence-electron chi connectivity index (χ4n) is 4.69. The van der Waals surface area contributed by atoms with E-state index < -0.39 is 0 Å². The molecule has 5 nitrogen and oxygen atoms in total. The molecule has 150 valence electrons. The van der Waals surface area contributed by atoms with Crippen LogP contribution in [0, 0.1) is 5.82 Å². The third kappa shape index (κ3) is 4.10. The van der Waals surface area contributed by atoms with Crippen molar-refractivity contribution in [1.82, 2.24) is 19.4 Å². The first-order chi connectivity index (χ1) is 13.7. The molecule has 28 heavy (non-hydrogen) atoms. The van der Waals surface area contributed by atoms with Gasteiger partial charge in [-0.1, -0.05) is 30.0 Å². The van der Waals surface area contributed by atoms with E-state index in [-0.39, 0.29) is 23.6 Å². The maximum atomic E-state index is 13.4. The molecule has 2 aliphatic heterocycles. The molecule has 2 aliphatic rings. The first-order valence-electron chi connectivity index (χ1n) is 10.2. The summed E-state index contributed by atoms with van der Waals surface area (Å²) in [7, 11) is 0. The molecule has 7 heteroatoms. The Morgan fingerprint density at radius 2 is 2.00 bits per heavy atom. The SMILES string of the molecule is CC[C@H]1CCCCN1CC(=O)N1C[C@@H](c2ccc(F)cc2)[C@H](c2csnn2)C1. The van der Waals surface area contributed by atoms with Gasteiger partial charge in [0.1, 0.15) is 5.82 Å². The summed E-state index contributed by atoms with van der Waals surface area (Å²) in [5, 5.41) is 6.24. The van der Waals surface area contributed by atoms with Crippen LogP contribution in [-0.4, -0.2) is 57.5 Å². The minimum atomic E-state index is -0.239. The molecular weight excluding hydrogens is 375 g/mol. The lowest BCUT2D eigenvalue weighted by Crippen LogP contribution is -2.46. The van der Waals surface area contributed by atoms with Gasteiger partial charge >= 0.3 is 0 Å². The Bertz CT molecular complexity index is 782. The lowest BCUT2D eigenvalue weighted by molar-refractivity contribution is -0.132. The Morgan fingerprint density at radius 3 is 2.71 bits per heavy atom. The van der Waals surface area contributed by atoms with Crippen molar-refractivity contribution in [3.05, 3.63) is 46.7 Å². The predicted octanol–water partition coefficient (Wildman–Crippen LogP) is 3.65. The zero-order valence-electron chi connectivity index (χ0n) is 16.3. The molecule has 0 bridgehead atoms. The molecule has 0 aliphatic carbocycles. The lowest BCUT2D eigenvalue weighted by Gasteiger charge is -2.35. The van der Waals surface area contributed by atoms with Crippen LogP contribution in [0.1, 0.15) is 55.7 Å². The highest BCUT2D eigenvalue weighted by Gasteiger charge is 2.39. The van der Waals surface area contributed by atoms with Gasteiger partial charge in [-0.3, -0.25) is 9.69 Å². The number of carbonyl (C=O) groups excluding carboxylic acids is 1. The smallest absolute Gasteiger partial charge is 0.236 e. The van der Waals surface area contributed by atoms with Gasteiger partial charge in [-0.2, -0.15) is 0 Å². The van der Waals surface area contributed by atoms with Gasteiger partial charge in [0, 0.05) is 36.3 Å². The average Bonchev–Trinajstić information content (AvgIpc) is 3.39. The Kier molecular flexibility index (Phi) is 6.01.